The molecule has 0 bridgehead atoms. The lowest BCUT2D eigenvalue weighted by atomic mass is 9.75. The van der Waals surface area contributed by atoms with Crippen LogP contribution in [-0.4, -0.2) is 29.9 Å². The molecular weight excluding hydrogens is 212 g/mol. The Morgan fingerprint density at radius 1 is 1.29 bits per heavy atom. The summed E-state index contributed by atoms with van der Waals surface area (Å²) in [7, 11) is 0. The maximum absolute atomic E-state index is 12.2. The minimum atomic E-state index is -0.264. The van der Waals surface area contributed by atoms with Crippen LogP contribution in [0.5, 0.6) is 0 Å². The van der Waals surface area contributed by atoms with Crippen molar-refractivity contribution >= 4 is 5.91 Å². The van der Waals surface area contributed by atoms with Gasteiger partial charge in [-0.3, -0.25) is 4.79 Å². The number of hydrogen-bond acceptors (Lipinski definition) is 2. The Morgan fingerprint density at radius 2 is 2.00 bits per heavy atom. The lowest BCUT2D eigenvalue weighted by molar-refractivity contribution is -0.135. The number of hydrogen-bond donors (Lipinski definition) is 1. The van der Waals surface area contributed by atoms with E-state index in [9.17, 15) is 4.79 Å². The third kappa shape index (κ3) is 3.01. The average Bonchev–Trinajstić information content (AvgIpc) is 2.37. The highest BCUT2D eigenvalue weighted by atomic mass is 16.2. The van der Waals surface area contributed by atoms with Gasteiger partial charge in [-0.25, -0.2) is 0 Å². The van der Waals surface area contributed by atoms with Crippen LogP contribution in [0.25, 0.3) is 0 Å². The third-order valence-corrected chi connectivity index (χ3v) is 4.52. The molecule has 2 aliphatic rings. The fourth-order valence-electron chi connectivity index (χ4n) is 3.47. The topological polar surface area (TPSA) is 46.3 Å². The van der Waals surface area contributed by atoms with E-state index in [0.29, 0.717) is 0 Å². The summed E-state index contributed by atoms with van der Waals surface area (Å²) in [6.07, 6.45) is 8.46. The van der Waals surface area contributed by atoms with Crippen LogP contribution in [0.2, 0.25) is 0 Å². The van der Waals surface area contributed by atoms with Crippen LogP contribution >= 0.6 is 0 Å². The van der Waals surface area contributed by atoms with Gasteiger partial charge in [0.25, 0.3) is 0 Å². The molecule has 3 atom stereocenters. The Hall–Kier alpha value is -0.570. The lowest BCUT2D eigenvalue weighted by Gasteiger charge is -2.42. The van der Waals surface area contributed by atoms with Gasteiger partial charge in [-0.2, -0.15) is 0 Å². The van der Waals surface area contributed by atoms with Crippen molar-refractivity contribution in [2.75, 3.05) is 13.1 Å². The minimum absolute atomic E-state index is 0.191. The molecule has 1 heterocycles. The molecule has 17 heavy (non-hydrogen) atoms. The SMILES string of the molecule is CCC[C@H](N)C(=O)N1CCC2CCCCC2C1. The zero-order valence-corrected chi connectivity index (χ0v) is 11.0. The zero-order valence-electron chi connectivity index (χ0n) is 11.0. The fraction of sp³-hybridized carbons (Fsp3) is 0.929. The molecule has 1 aliphatic heterocycles. The normalized spacial score (nSPS) is 30.8. The second-order valence-electron chi connectivity index (χ2n) is 5.77. The first-order valence-corrected chi connectivity index (χ1v) is 7.26. The standard InChI is InChI=1S/C14H26N2O/c1-2-5-13(15)14(17)16-9-8-11-6-3-4-7-12(11)10-16/h11-13H,2-10,15H2,1H3/t11?,12?,13-/m0/s1. The van der Waals surface area contributed by atoms with Crippen LogP contribution in [0.15, 0.2) is 0 Å². The smallest absolute Gasteiger partial charge is 0.239 e. The molecule has 2 rings (SSSR count). The maximum atomic E-state index is 12.2. The van der Waals surface area contributed by atoms with Crippen molar-refractivity contribution < 1.29 is 4.79 Å². The first kappa shape index (κ1) is 12.9. The predicted octanol–water partition coefficient (Wildman–Crippen LogP) is 2.15. The minimum Gasteiger partial charge on any atom is -0.341 e. The van der Waals surface area contributed by atoms with Gasteiger partial charge in [0.1, 0.15) is 0 Å². The second kappa shape index (κ2) is 5.85. The number of rotatable bonds is 3. The van der Waals surface area contributed by atoms with Crippen molar-refractivity contribution in [2.45, 2.75) is 57.9 Å². The van der Waals surface area contributed by atoms with E-state index in [4.69, 9.17) is 5.73 Å². The molecule has 0 aromatic heterocycles. The summed E-state index contributed by atoms with van der Waals surface area (Å²) in [5.41, 5.74) is 5.94. The summed E-state index contributed by atoms with van der Waals surface area (Å²) in [4.78, 5) is 14.2. The zero-order chi connectivity index (χ0) is 12.3. The summed E-state index contributed by atoms with van der Waals surface area (Å²) in [5.74, 6) is 1.83. The van der Waals surface area contributed by atoms with E-state index in [1.54, 1.807) is 0 Å². The molecule has 2 N–H and O–H groups in total. The van der Waals surface area contributed by atoms with Gasteiger partial charge in [0, 0.05) is 13.1 Å². The summed E-state index contributed by atoms with van der Waals surface area (Å²) in [6.45, 7) is 4.00. The number of amides is 1. The Bertz CT molecular complexity index is 267. The van der Waals surface area contributed by atoms with E-state index in [-0.39, 0.29) is 11.9 Å². The third-order valence-electron chi connectivity index (χ3n) is 4.52. The number of fused-ring (bicyclic) bond motifs is 1. The molecule has 0 aromatic carbocycles. The van der Waals surface area contributed by atoms with Crippen LogP contribution in [0, 0.1) is 11.8 Å². The number of nitrogens with zero attached hydrogens (tertiary/aromatic N) is 1. The maximum Gasteiger partial charge on any atom is 0.239 e. The van der Waals surface area contributed by atoms with Gasteiger partial charge in [0.05, 0.1) is 6.04 Å². The van der Waals surface area contributed by atoms with E-state index in [1.807, 2.05) is 4.90 Å². The Balaban J connectivity index is 1.88. The molecule has 0 spiro atoms. The summed E-state index contributed by atoms with van der Waals surface area (Å²) < 4.78 is 0. The Morgan fingerprint density at radius 3 is 2.71 bits per heavy atom. The molecule has 0 aromatic rings. The van der Waals surface area contributed by atoms with Gasteiger partial charge in [-0.15, -0.1) is 0 Å². The molecule has 3 nitrogen and oxygen atoms in total. The highest BCUT2D eigenvalue weighted by Gasteiger charge is 2.33. The molecule has 2 fully saturated rings. The Labute approximate surface area is 105 Å². The first-order chi connectivity index (χ1) is 8.22. The Kier molecular flexibility index (Phi) is 4.43. The lowest BCUT2D eigenvalue weighted by Crippen LogP contribution is -2.50. The largest absolute Gasteiger partial charge is 0.341 e. The van der Waals surface area contributed by atoms with Crippen molar-refractivity contribution in [2.24, 2.45) is 17.6 Å². The number of likely N-dealkylation sites (tertiary alicyclic amines) is 1. The van der Waals surface area contributed by atoms with E-state index in [1.165, 1.54) is 32.1 Å². The van der Waals surface area contributed by atoms with Crippen LogP contribution in [-0.2, 0) is 4.79 Å². The molecule has 1 saturated heterocycles. The van der Waals surface area contributed by atoms with Crippen LogP contribution in [0.4, 0.5) is 0 Å². The molecule has 2 unspecified atom stereocenters. The highest BCUT2D eigenvalue weighted by Crippen LogP contribution is 2.36. The first-order valence-electron chi connectivity index (χ1n) is 7.26. The van der Waals surface area contributed by atoms with Gasteiger partial charge in [-0.1, -0.05) is 32.6 Å². The summed E-state index contributed by atoms with van der Waals surface area (Å²) >= 11 is 0. The molecule has 1 saturated carbocycles. The van der Waals surface area contributed by atoms with Crippen molar-refractivity contribution in [3.05, 3.63) is 0 Å². The molecule has 1 amide bonds. The quantitative estimate of drug-likeness (QED) is 0.819. The second-order valence-corrected chi connectivity index (χ2v) is 5.77. The summed E-state index contributed by atoms with van der Waals surface area (Å²) in [5, 5.41) is 0. The van der Waals surface area contributed by atoms with Crippen molar-refractivity contribution in [1.82, 2.24) is 4.90 Å². The van der Waals surface area contributed by atoms with Crippen molar-refractivity contribution in [3.63, 3.8) is 0 Å². The van der Waals surface area contributed by atoms with E-state index >= 15 is 0 Å². The van der Waals surface area contributed by atoms with Gasteiger partial charge >= 0.3 is 0 Å². The van der Waals surface area contributed by atoms with E-state index < -0.39 is 0 Å². The van der Waals surface area contributed by atoms with E-state index in [0.717, 1.165) is 37.8 Å². The number of piperidine rings is 1. The number of carbonyl (C=O) groups is 1. The molecule has 3 heteroatoms. The summed E-state index contributed by atoms with van der Waals surface area (Å²) in [6, 6.07) is -0.264. The highest BCUT2D eigenvalue weighted by molar-refractivity contribution is 5.81. The van der Waals surface area contributed by atoms with Crippen molar-refractivity contribution in [3.8, 4) is 0 Å². The van der Waals surface area contributed by atoms with E-state index in [2.05, 4.69) is 6.92 Å². The molecule has 0 radical (unpaired) electrons. The molecule has 1 aliphatic carbocycles. The van der Waals surface area contributed by atoms with Crippen LogP contribution in [0.1, 0.15) is 51.9 Å². The number of carbonyl (C=O) groups excluding carboxylic acids is 1. The van der Waals surface area contributed by atoms with Crippen molar-refractivity contribution in [1.29, 1.82) is 0 Å². The molecule has 98 valence electrons. The predicted molar refractivity (Wildman–Crippen MR) is 69.5 cm³/mol. The van der Waals surface area contributed by atoms with Crippen LogP contribution in [0.3, 0.4) is 0 Å². The van der Waals surface area contributed by atoms with Gasteiger partial charge < -0.3 is 10.6 Å². The number of nitrogens with two attached hydrogens (primary N) is 1. The van der Waals surface area contributed by atoms with Crippen LogP contribution < -0.4 is 5.73 Å². The van der Waals surface area contributed by atoms with Gasteiger partial charge in [0.15, 0.2) is 0 Å². The average molecular weight is 238 g/mol. The van der Waals surface area contributed by atoms with Gasteiger partial charge in [-0.05, 0) is 31.1 Å². The monoisotopic (exact) mass is 238 g/mol. The molecular formula is C14H26N2O. The fourth-order valence-corrected chi connectivity index (χ4v) is 3.47. The van der Waals surface area contributed by atoms with Gasteiger partial charge in [0.2, 0.25) is 5.91 Å².